The van der Waals surface area contributed by atoms with Crippen molar-refractivity contribution in [3.63, 3.8) is 0 Å². The quantitative estimate of drug-likeness (QED) is 0.887. The first-order valence-corrected chi connectivity index (χ1v) is 4.78. The third kappa shape index (κ3) is 3.91. The van der Waals surface area contributed by atoms with E-state index in [1.165, 1.54) is 0 Å². The molecule has 1 N–H and O–H groups in total. The highest BCUT2D eigenvalue weighted by molar-refractivity contribution is 9.10. The molecule has 0 unspecified atom stereocenters. The van der Waals surface area contributed by atoms with Crippen molar-refractivity contribution in [1.82, 2.24) is 5.32 Å². The zero-order valence-electron chi connectivity index (χ0n) is 7.44. The molecule has 0 saturated carbocycles. The molecule has 0 aliphatic carbocycles. The Labute approximate surface area is 92.6 Å². The number of benzene rings is 1. The summed E-state index contributed by atoms with van der Waals surface area (Å²) in [6.07, 6.45) is -4.82. The maximum Gasteiger partial charge on any atom is 0.471 e. The maximum absolute atomic E-state index is 11.8. The second-order valence-corrected chi connectivity index (χ2v) is 3.72. The number of rotatable bonds is 2. The van der Waals surface area contributed by atoms with Crippen LogP contribution < -0.4 is 5.32 Å². The summed E-state index contributed by atoms with van der Waals surface area (Å²) in [4.78, 5) is 10.5. The molecule has 0 bridgehead atoms. The average Bonchev–Trinajstić information content (AvgIpc) is 2.15. The Morgan fingerprint density at radius 2 is 1.80 bits per heavy atom. The minimum absolute atomic E-state index is 0.133. The van der Waals surface area contributed by atoms with Crippen molar-refractivity contribution in [2.45, 2.75) is 12.7 Å². The molecule has 0 heterocycles. The van der Waals surface area contributed by atoms with E-state index in [4.69, 9.17) is 0 Å². The molecule has 15 heavy (non-hydrogen) atoms. The molecular weight excluding hydrogens is 275 g/mol. The van der Waals surface area contributed by atoms with Crippen LogP contribution in [0.1, 0.15) is 5.56 Å². The molecule has 1 amide bonds. The zero-order valence-corrected chi connectivity index (χ0v) is 9.02. The third-order valence-corrected chi connectivity index (χ3v) is 2.15. The van der Waals surface area contributed by atoms with E-state index in [1.54, 1.807) is 29.6 Å². The Kier molecular flexibility index (Phi) is 3.73. The van der Waals surface area contributed by atoms with Crippen molar-refractivity contribution >= 4 is 21.8 Å². The zero-order chi connectivity index (χ0) is 11.5. The van der Waals surface area contributed by atoms with Gasteiger partial charge in [0.25, 0.3) is 0 Å². The smallest absolute Gasteiger partial charge is 0.344 e. The standard InChI is InChI=1S/C9H7BrF3NO/c10-7-3-1-6(2-4-7)5-14-8(15)9(11,12)13/h1-4H,5H2,(H,14,15). The number of hydrogen-bond donors (Lipinski definition) is 1. The Bertz CT molecular complexity index is 347. The normalized spacial score (nSPS) is 11.2. The van der Waals surface area contributed by atoms with Gasteiger partial charge in [-0.25, -0.2) is 0 Å². The van der Waals surface area contributed by atoms with Gasteiger partial charge in [-0.2, -0.15) is 13.2 Å². The molecule has 0 spiro atoms. The number of amides is 1. The summed E-state index contributed by atoms with van der Waals surface area (Å²) >= 11 is 3.19. The van der Waals surface area contributed by atoms with Crippen LogP contribution in [-0.2, 0) is 11.3 Å². The first-order chi connectivity index (χ1) is 6.89. The van der Waals surface area contributed by atoms with Crippen LogP contribution in [0.2, 0.25) is 0 Å². The summed E-state index contributed by atoms with van der Waals surface area (Å²) in [5.41, 5.74) is 0.607. The van der Waals surface area contributed by atoms with E-state index in [1.807, 2.05) is 0 Å². The van der Waals surface area contributed by atoms with Crippen molar-refractivity contribution in [3.05, 3.63) is 34.3 Å². The SMILES string of the molecule is O=C(NCc1ccc(Br)cc1)C(F)(F)F. The van der Waals surface area contributed by atoms with E-state index in [0.717, 1.165) is 4.47 Å². The van der Waals surface area contributed by atoms with E-state index < -0.39 is 12.1 Å². The summed E-state index contributed by atoms with van der Waals surface area (Å²) in [6.45, 7) is -0.133. The van der Waals surface area contributed by atoms with E-state index in [-0.39, 0.29) is 6.54 Å². The predicted octanol–water partition coefficient (Wildman–Crippen LogP) is 2.63. The lowest BCUT2D eigenvalue weighted by molar-refractivity contribution is -0.173. The van der Waals surface area contributed by atoms with Gasteiger partial charge in [0.1, 0.15) is 0 Å². The molecule has 2 nitrogen and oxygen atoms in total. The number of carbonyl (C=O) groups is 1. The molecule has 0 aliphatic heterocycles. The summed E-state index contributed by atoms with van der Waals surface area (Å²) < 4.78 is 36.2. The van der Waals surface area contributed by atoms with Gasteiger partial charge < -0.3 is 5.32 Å². The van der Waals surface area contributed by atoms with Gasteiger partial charge in [-0.1, -0.05) is 28.1 Å². The number of hydrogen-bond acceptors (Lipinski definition) is 1. The summed E-state index contributed by atoms with van der Waals surface area (Å²) in [5, 5.41) is 1.78. The van der Waals surface area contributed by atoms with Gasteiger partial charge in [-0.15, -0.1) is 0 Å². The van der Waals surface area contributed by atoms with Crippen LogP contribution in [0.25, 0.3) is 0 Å². The highest BCUT2D eigenvalue weighted by Crippen LogP contribution is 2.15. The van der Waals surface area contributed by atoms with E-state index in [0.29, 0.717) is 5.56 Å². The molecule has 0 aromatic heterocycles. The van der Waals surface area contributed by atoms with Crippen LogP contribution in [-0.4, -0.2) is 12.1 Å². The van der Waals surface area contributed by atoms with Gasteiger partial charge in [0.05, 0.1) is 0 Å². The predicted molar refractivity (Wildman–Crippen MR) is 52.0 cm³/mol. The fourth-order valence-corrected chi connectivity index (χ4v) is 1.15. The Balaban J connectivity index is 2.51. The molecule has 0 fully saturated rings. The van der Waals surface area contributed by atoms with Gasteiger partial charge in [0.15, 0.2) is 0 Å². The fourth-order valence-electron chi connectivity index (χ4n) is 0.885. The molecule has 0 radical (unpaired) electrons. The van der Waals surface area contributed by atoms with Crippen molar-refractivity contribution in [2.75, 3.05) is 0 Å². The van der Waals surface area contributed by atoms with Gasteiger partial charge >= 0.3 is 12.1 Å². The second-order valence-electron chi connectivity index (χ2n) is 2.81. The molecular formula is C9H7BrF3NO. The van der Waals surface area contributed by atoms with Crippen molar-refractivity contribution < 1.29 is 18.0 Å². The minimum Gasteiger partial charge on any atom is -0.344 e. The van der Waals surface area contributed by atoms with Crippen LogP contribution in [0, 0.1) is 0 Å². The average molecular weight is 282 g/mol. The summed E-state index contributed by atoms with van der Waals surface area (Å²) in [5.74, 6) is -1.93. The van der Waals surface area contributed by atoms with Crippen LogP contribution in [0.15, 0.2) is 28.7 Å². The summed E-state index contributed by atoms with van der Waals surface area (Å²) in [6, 6.07) is 6.63. The lowest BCUT2D eigenvalue weighted by Crippen LogP contribution is -2.36. The number of nitrogens with one attached hydrogen (secondary N) is 1. The highest BCUT2D eigenvalue weighted by Gasteiger charge is 2.38. The first kappa shape index (κ1) is 12.0. The molecule has 0 aliphatic rings. The largest absolute Gasteiger partial charge is 0.471 e. The topological polar surface area (TPSA) is 29.1 Å². The van der Waals surface area contributed by atoms with Gasteiger partial charge in [-0.3, -0.25) is 4.79 Å². The molecule has 1 rings (SSSR count). The van der Waals surface area contributed by atoms with Gasteiger partial charge in [0, 0.05) is 11.0 Å². The van der Waals surface area contributed by atoms with Gasteiger partial charge in [0.2, 0.25) is 0 Å². The van der Waals surface area contributed by atoms with Crippen LogP contribution in [0.5, 0.6) is 0 Å². The van der Waals surface area contributed by atoms with Crippen LogP contribution in [0.3, 0.4) is 0 Å². The van der Waals surface area contributed by atoms with Crippen molar-refractivity contribution in [1.29, 1.82) is 0 Å². The maximum atomic E-state index is 11.8. The Morgan fingerprint density at radius 3 is 2.27 bits per heavy atom. The Morgan fingerprint density at radius 1 is 1.27 bits per heavy atom. The van der Waals surface area contributed by atoms with E-state index in [2.05, 4.69) is 15.9 Å². The molecule has 0 saturated heterocycles. The van der Waals surface area contributed by atoms with Crippen LogP contribution >= 0.6 is 15.9 Å². The third-order valence-electron chi connectivity index (χ3n) is 1.62. The minimum atomic E-state index is -4.82. The first-order valence-electron chi connectivity index (χ1n) is 3.99. The van der Waals surface area contributed by atoms with Crippen molar-refractivity contribution in [3.8, 4) is 0 Å². The molecule has 1 aromatic carbocycles. The number of carbonyl (C=O) groups excluding carboxylic acids is 1. The fraction of sp³-hybridized carbons (Fsp3) is 0.222. The summed E-state index contributed by atoms with van der Waals surface area (Å²) in [7, 11) is 0. The second kappa shape index (κ2) is 4.65. The molecule has 82 valence electrons. The van der Waals surface area contributed by atoms with Crippen molar-refractivity contribution in [2.24, 2.45) is 0 Å². The lowest BCUT2D eigenvalue weighted by Gasteiger charge is -2.07. The van der Waals surface area contributed by atoms with E-state index in [9.17, 15) is 18.0 Å². The number of halogens is 4. The Hall–Kier alpha value is -1.04. The lowest BCUT2D eigenvalue weighted by atomic mass is 10.2. The highest BCUT2D eigenvalue weighted by atomic mass is 79.9. The molecule has 0 atom stereocenters. The van der Waals surface area contributed by atoms with Crippen LogP contribution in [0.4, 0.5) is 13.2 Å². The molecule has 6 heteroatoms. The molecule has 1 aromatic rings. The number of alkyl halides is 3. The monoisotopic (exact) mass is 281 g/mol. The van der Waals surface area contributed by atoms with Gasteiger partial charge in [-0.05, 0) is 17.7 Å². The van der Waals surface area contributed by atoms with E-state index >= 15 is 0 Å².